The molecule has 2 heterocycles. The zero-order chi connectivity index (χ0) is 22.9. The van der Waals surface area contributed by atoms with Crippen LogP contribution in [0.15, 0.2) is 48.5 Å². The lowest BCUT2D eigenvalue weighted by Crippen LogP contribution is -2.48. The fourth-order valence-corrected chi connectivity index (χ4v) is 4.60. The van der Waals surface area contributed by atoms with E-state index in [0.717, 1.165) is 30.5 Å². The van der Waals surface area contributed by atoms with Gasteiger partial charge in [0, 0.05) is 24.1 Å². The van der Waals surface area contributed by atoms with Gasteiger partial charge in [-0.25, -0.2) is 9.18 Å². The molecule has 2 fully saturated rings. The normalized spacial score (nSPS) is 22.5. The highest BCUT2D eigenvalue weighted by Gasteiger charge is 2.46. The van der Waals surface area contributed by atoms with Crippen molar-refractivity contribution < 1.29 is 36.6 Å². The molecule has 32 heavy (non-hydrogen) atoms. The summed E-state index contributed by atoms with van der Waals surface area (Å²) in [6.45, 7) is 0.148. The maximum absolute atomic E-state index is 14.4. The molecule has 2 atom stereocenters. The number of piperidine rings is 1. The van der Waals surface area contributed by atoms with Crippen molar-refractivity contribution in [2.45, 2.75) is 50.7 Å². The monoisotopic (exact) mass is 451 g/mol. The SMILES string of the molecule is O=C(c1ccc(OC(F)(F)F)cc1F)C1CC2CCC(C1)N2C(=O)OCc1ccccc1. The maximum Gasteiger partial charge on any atom is 0.573 e. The third kappa shape index (κ3) is 4.87. The number of hydrogen-bond donors (Lipinski definition) is 0. The first-order valence-electron chi connectivity index (χ1n) is 10.3. The molecule has 0 radical (unpaired) electrons. The molecule has 170 valence electrons. The molecule has 2 aliphatic rings. The van der Waals surface area contributed by atoms with Gasteiger partial charge >= 0.3 is 12.5 Å². The number of ketones is 1. The molecule has 9 heteroatoms. The molecular weight excluding hydrogens is 430 g/mol. The Hall–Kier alpha value is -3.10. The topological polar surface area (TPSA) is 55.8 Å². The van der Waals surface area contributed by atoms with E-state index in [-0.39, 0.29) is 24.3 Å². The number of alkyl halides is 3. The minimum atomic E-state index is -4.95. The van der Waals surface area contributed by atoms with Crippen LogP contribution >= 0.6 is 0 Å². The van der Waals surface area contributed by atoms with Gasteiger partial charge in [-0.15, -0.1) is 13.2 Å². The standard InChI is InChI=1S/C23H21F4NO4/c24-20-12-18(32-23(25,26)27)8-9-19(20)21(29)15-10-16-6-7-17(11-15)28(16)22(30)31-13-14-4-2-1-3-5-14/h1-5,8-9,12,15-17H,6-7,10-11,13H2. The lowest BCUT2D eigenvalue weighted by atomic mass is 9.84. The molecule has 0 saturated carbocycles. The predicted octanol–water partition coefficient (Wildman–Crippen LogP) is 5.49. The molecular formula is C23H21F4NO4. The number of halogens is 4. The molecule has 2 bridgehead atoms. The smallest absolute Gasteiger partial charge is 0.445 e. The minimum Gasteiger partial charge on any atom is -0.445 e. The number of rotatable bonds is 5. The molecule has 2 unspecified atom stereocenters. The van der Waals surface area contributed by atoms with Crippen molar-refractivity contribution >= 4 is 11.9 Å². The van der Waals surface area contributed by atoms with Gasteiger partial charge < -0.3 is 14.4 Å². The number of benzene rings is 2. The second-order valence-electron chi connectivity index (χ2n) is 8.05. The van der Waals surface area contributed by atoms with Gasteiger partial charge in [-0.3, -0.25) is 4.79 Å². The fraction of sp³-hybridized carbons (Fsp3) is 0.391. The zero-order valence-corrected chi connectivity index (χ0v) is 17.0. The van der Waals surface area contributed by atoms with Crippen molar-refractivity contribution in [3.05, 3.63) is 65.5 Å². The Labute approximate surface area is 181 Å². The van der Waals surface area contributed by atoms with Crippen molar-refractivity contribution in [2.75, 3.05) is 0 Å². The lowest BCUT2D eigenvalue weighted by molar-refractivity contribution is -0.274. The van der Waals surface area contributed by atoms with Crippen LogP contribution in [0.3, 0.4) is 0 Å². The van der Waals surface area contributed by atoms with Gasteiger partial charge in [0.1, 0.15) is 18.2 Å². The van der Waals surface area contributed by atoms with E-state index in [9.17, 15) is 27.2 Å². The van der Waals surface area contributed by atoms with Crippen LogP contribution < -0.4 is 4.74 Å². The van der Waals surface area contributed by atoms with Gasteiger partial charge in [-0.1, -0.05) is 30.3 Å². The van der Waals surface area contributed by atoms with Gasteiger partial charge in [0.25, 0.3) is 0 Å². The summed E-state index contributed by atoms with van der Waals surface area (Å²) in [6.07, 6.45) is -3.23. The van der Waals surface area contributed by atoms with Crippen LogP contribution in [0.25, 0.3) is 0 Å². The van der Waals surface area contributed by atoms with Crippen molar-refractivity contribution in [3.63, 3.8) is 0 Å². The number of carbonyl (C=O) groups excluding carboxylic acids is 2. The van der Waals surface area contributed by atoms with E-state index in [4.69, 9.17) is 4.74 Å². The number of nitrogens with zero attached hydrogens (tertiary/aromatic N) is 1. The second-order valence-corrected chi connectivity index (χ2v) is 8.05. The Kier molecular flexibility index (Phi) is 6.08. The van der Waals surface area contributed by atoms with Crippen LogP contribution in [0.2, 0.25) is 0 Å². The first-order valence-corrected chi connectivity index (χ1v) is 10.3. The molecule has 0 N–H and O–H groups in total. The Morgan fingerprint density at radius 1 is 1.00 bits per heavy atom. The van der Waals surface area contributed by atoms with E-state index in [0.29, 0.717) is 18.9 Å². The molecule has 0 spiro atoms. The van der Waals surface area contributed by atoms with Gasteiger partial charge in [-0.2, -0.15) is 0 Å². The highest BCUT2D eigenvalue weighted by atomic mass is 19.4. The van der Waals surface area contributed by atoms with Gasteiger partial charge in [0.15, 0.2) is 5.78 Å². The summed E-state index contributed by atoms with van der Waals surface area (Å²) >= 11 is 0. The molecule has 2 aromatic rings. The molecule has 5 nitrogen and oxygen atoms in total. The first kappa shape index (κ1) is 22.1. The predicted molar refractivity (Wildman–Crippen MR) is 105 cm³/mol. The molecule has 4 rings (SSSR count). The second kappa shape index (κ2) is 8.80. The summed E-state index contributed by atoms with van der Waals surface area (Å²) < 4.78 is 60.4. The summed E-state index contributed by atoms with van der Waals surface area (Å²) in [4.78, 5) is 27.2. The average molecular weight is 451 g/mol. The number of fused-ring (bicyclic) bond motifs is 2. The number of ether oxygens (including phenoxy) is 2. The van der Waals surface area contributed by atoms with E-state index in [1.807, 2.05) is 30.3 Å². The third-order valence-corrected chi connectivity index (χ3v) is 5.96. The first-order chi connectivity index (χ1) is 15.2. The summed E-state index contributed by atoms with van der Waals surface area (Å²) in [6, 6.07) is 11.4. The molecule has 2 aromatic carbocycles. The number of amides is 1. The van der Waals surface area contributed by atoms with E-state index < -0.39 is 35.7 Å². The maximum atomic E-state index is 14.4. The largest absolute Gasteiger partial charge is 0.573 e. The molecule has 2 saturated heterocycles. The number of hydrogen-bond acceptors (Lipinski definition) is 4. The zero-order valence-electron chi connectivity index (χ0n) is 17.0. The quantitative estimate of drug-likeness (QED) is 0.446. The van der Waals surface area contributed by atoms with Crippen molar-refractivity contribution in [1.82, 2.24) is 4.90 Å². The van der Waals surface area contributed by atoms with Crippen molar-refractivity contribution in [1.29, 1.82) is 0 Å². The van der Waals surface area contributed by atoms with Crippen molar-refractivity contribution in [2.24, 2.45) is 5.92 Å². The van der Waals surface area contributed by atoms with Crippen molar-refractivity contribution in [3.8, 4) is 5.75 Å². The van der Waals surface area contributed by atoms with Crippen LogP contribution in [0.4, 0.5) is 22.4 Å². The Bertz CT molecular complexity index is 981. The van der Waals surface area contributed by atoms with Crippen LogP contribution in [-0.2, 0) is 11.3 Å². The van der Waals surface area contributed by atoms with E-state index in [1.165, 1.54) is 0 Å². The van der Waals surface area contributed by atoms with Crippen LogP contribution in [-0.4, -0.2) is 35.2 Å². The summed E-state index contributed by atoms with van der Waals surface area (Å²) in [7, 11) is 0. The van der Waals surface area contributed by atoms with E-state index in [1.54, 1.807) is 4.90 Å². The lowest BCUT2D eigenvalue weighted by Gasteiger charge is -2.37. The summed E-state index contributed by atoms with van der Waals surface area (Å²) in [5.74, 6) is -2.78. The van der Waals surface area contributed by atoms with Gasteiger partial charge in [0.2, 0.25) is 0 Å². The molecule has 2 aliphatic heterocycles. The van der Waals surface area contributed by atoms with Gasteiger partial charge in [-0.05, 0) is 43.4 Å². The Morgan fingerprint density at radius 3 is 2.25 bits per heavy atom. The Balaban J connectivity index is 1.39. The van der Waals surface area contributed by atoms with Gasteiger partial charge in [0.05, 0.1) is 5.56 Å². The summed E-state index contributed by atoms with van der Waals surface area (Å²) in [5.41, 5.74) is 0.593. The van der Waals surface area contributed by atoms with E-state index in [2.05, 4.69) is 4.74 Å². The Morgan fingerprint density at radius 2 is 1.66 bits per heavy atom. The van der Waals surface area contributed by atoms with E-state index >= 15 is 0 Å². The summed E-state index contributed by atoms with van der Waals surface area (Å²) in [5, 5.41) is 0. The third-order valence-electron chi connectivity index (χ3n) is 5.96. The average Bonchev–Trinajstić information content (AvgIpc) is 3.00. The minimum absolute atomic E-state index is 0.148. The molecule has 0 aromatic heterocycles. The van der Waals surface area contributed by atoms with Crippen LogP contribution in [0.1, 0.15) is 41.6 Å². The molecule has 1 amide bonds. The number of Topliss-reactive ketones (excluding diaryl/α,β-unsaturated/α-hetero) is 1. The van der Waals surface area contributed by atoms with Crippen LogP contribution in [0, 0.1) is 11.7 Å². The molecule has 0 aliphatic carbocycles. The van der Waals surface area contributed by atoms with Crippen LogP contribution in [0.5, 0.6) is 5.75 Å². The number of carbonyl (C=O) groups is 2. The fourth-order valence-electron chi connectivity index (χ4n) is 4.60. The highest BCUT2D eigenvalue weighted by Crippen LogP contribution is 2.40. The highest BCUT2D eigenvalue weighted by molar-refractivity contribution is 5.98.